The van der Waals surface area contributed by atoms with E-state index in [2.05, 4.69) is 86.6 Å². The van der Waals surface area contributed by atoms with Gasteiger partial charge in [-0.2, -0.15) is 0 Å². The minimum Gasteiger partial charge on any atom is -0.313 e. The van der Waals surface area contributed by atoms with Gasteiger partial charge in [-0.1, -0.05) is 62.2 Å². The standard InChI is InChI=1S/C16H17Br2N/c1-11-5-3-8-14(16(11)18)15(19-2)10-12-6-4-7-13(17)9-12/h3-9,15,19H,10H2,1-2H3. The van der Waals surface area contributed by atoms with Crippen molar-refractivity contribution >= 4 is 31.9 Å². The summed E-state index contributed by atoms with van der Waals surface area (Å²) < 4.78 is 2.33. The van der Waals surface area contributed by atoms with Crippen LogP contribution in [0.3, 0.4) is 0 Å². The van der Waals surface area contributed by atoms with Crippen molar-refractivity contribution in [2.24, 2.45) is 0 Å². The number of hydrogen-bond acceptors (Lipinski definition) is 1. The van der Waals surface area contributed by atoms with Gasteiger partial charge in [-0.15, -0.1) is 0 Å². The van der Waals surface area contributed by atoms with Crippen molar-refractivity contribution in [3.63, 3.8) is 0 Å². The Morgan fingerprint density at radius 3 is 2.53 bits per heavy atom. The number of likely N-dealkylation sites (N-methyl/N-ethyl adjacent to an activating group) is 1. The second-order valence-corrected chi connectivity index (χ2v) is 6.36. The first kappa shape index (κ1) is 14.8. The molecule has 1 atom stereocenters. The van der Waals surface area contributed by atoms with E-state index in [4.69, 9.17) is 0 Å². The maximum Gasteiger partial charge on any atom is 0.0369 e. The fourth-order valence-electron chi connectivity index (χ4n) is 2.21. The van der Waals surface area contributed by atoms with Gasteiger partial charge in [0.2, 0.25) is 0 Å². The summed E-state index contributed by atoms with van der Waals surface area (Å²) in [6.45, 7) is 2.12. The van der Waals surface area contributed by atoms with Gasteiger partial charge in [0.1, 0.15) is 0 Å². The summed E-state index contributed by atoms with van der Waals surface area (Å²) in [5, 5.41) is 3.41. The van der Waals surface area contributed by atoms with Gasteiger partial charge in [-0.25, -0.2) is 0 Å². The summed E-state index contributed by atoms with van der Waals surface area (Å²) in [4.78, 5) is 0. The van der Waals surface area contributed by atoms with Crippen LogP contribution in [0.1, 0.15) is 22.7 Å². The topological polar surface area (TPSA) is 12.0 Å². The average Bonchev–Trinajstić information content (AvgIpc) is 2.40. The molecule has 0 spiro atoms. The molecule has 0 aliphatic carbocycles. The summed E-state index contributed by atoms with van der Waals surface area (Å²) >= 11 is 7.23. The Hall–Kier alpha value is -0.640. The Labute approximate surface area is 131 Å². The number of benzene rings is 2. The first-order valence-corrected chi connectivity index (χ1v) is 7.87. The van der Waals surface area contributed by atoms with E-state index in [1.807, 2.05) is 7.05 Å². The molecule has 100 valence electrons. The Balaban J connectivity index is 2.28. The monoisotopic (exact) mass is 381 g/mol. The maximum atomic E-state index is 3.70. The third-order valence-corrected chi connectivity index (χ3v) is 4.85. The molecule has 2 aromatic carbocycles. The molecule has 1 nitrogen and oxygen atoms in total. The van der Waals surface area contributed by atoms with E-state index in [0.717, 1.165) is 10.9 Å². The van der Waals surface area contributed by atoms with Crippen molar-refractivity contribution in [2.75, 3.05) is 7.05 Å². The van der Waals surface area contributed by atoms with Gasteiger partial charge < -0.3 is 5.32 Å². The summed E-state index contributed by atoms with van der Waals surface area (Å²) in [7, 11) is 2.01. The summed E-state index contributed by atoms with van der Waals surface area (Å²) in [5.41, 5.74) is 3.90. The van der Waals surface area contributed by atoms with Crippen molar-refractivity contribution in [3.05, 3.63) is 68.1 Å². The van der Waals surface area contributed by atoms with Crippen molar-refractivity contribution in [2.45, 2.75) is 19.4 Å². The van der Waals surface area contributed by atoms with Crippen LogP contribution >= 0.6 is 31.9 Å². The molecule has 3 heteroatoms. The van der Waals surface area contributed by atoms with Gasteiger partial charge >= 0.3 is 0 Å². The largest absolute Gasteiger partial charge is 0.313 e. The fraction of sp³-hybridized carbons (Fsp3) is 0.250. The Morgan fingerprint density at radius 1 is 1.11 bits per heavy atom. The minimum atomic E-state index is 0.309. The fourth-order valence-corrected chi connectivity index (χ4v) is 3.19. The van der Waals surface area contributed by atoms with E-state index in [9.17, 15) is 0 Å². The smallest absolute Gasteiger partial charge is 0.0369 e. The molecule has 1 unspecified atom stereocenters. The molecular formula is C16H17Br2N. The van der Waals surface area contributed by atoms with Crippen LogP contribution in [0.5, 0.6) is 0 Å². The Morgan fingerprint density at radius 2 is 1.84 bits per heavy atom. The first-order valence-electron chi connectivity index (χ1n) is 6.28. The number of rotatable bonds is 4. The van der Waals surface area contributed by atoms with Gasteiger partial charge in [-0.05, 0) is 49.2 Å². The highest BCUT2D eigenvalue weighted by molar-refractivity contribution is 9.10. The lowest BCUT2D eigenvalue weighted by Crippen LogP contribution is -2.19. The van der Waals surface area contributed by atoms with Crippen molar-refractivity contribution in [1.29, 1.82) is 0 Å². The number of hydrogen-bond donors (Lipinski definition) is 1. The highest BCUT2D eigenvalue weighted by Crippen LogP contribution is 2.29. The molecule has 19 heavy (non-hydrogen) atoms. The molecule has 2 aromatic rings. The number of halogens is 2. The molecule has 0 bridgehead atoms. The van der Waals surface area contributed by atoms with E-state index in [1.165, 1.54) is 21.2 Å². The molecule has 0 aromatic heterocycles. The van der Waals surface area contributed by atoms with Gasteiger partial charge in [-0.3, -0.25) is 0 Å². The van der Waals surface area contributed by atoms with Gasteiger partial charge in [0.25, 0.3) is 0 Å². The summed E-state index contributed by atoms with van der Waals surface area (Å²) in [6, 6.07) is 15.2. The maximum absolute atomic E-state index is 3.70. The molecular weight excluding hydrogens is 366 g/mol. The third-order valence-electron chi connectivity index (χ3n) is 3.27. The minimum absolute atomic E-state index is 0.309. The van der Waals surface area contributed by atoms with Crippen LogP contribution in [0.2, 0.25) is 0 Å². The van der Waals surface area contributed by atoms with Crippen LogP contribution in [-0.2, 0) is 6.42 Å². The van der Waals surface area contributed by atoms with Gasteiger partial charge in [0.15, 0.2) is 0 Å². The van der Waals surface area contributed by atoms with Crippen LogP contribution in [0.4, 0.5) is 0 Å². The molecule has 0 radical (unpaired) electrons. The van der Waals surface area contributed by atoms with Crippen LogP contribution in [0, 0.1) is 6.92 Å². The summed E-state index contributed by atoms with van der Waals surface area (Å²) in [6.07, 6.45) is 0.970. The Bertz CT molecular complexity index is 566. The lowest BCUT2D eigenvalue weighted by molar-refractivity contribution is 0.589. The van der Waals surface area contributed by atoms with E-state index in [-0.39, 0.29) is 0 Å². The van der Waals surface area contributed by atoms with E-state index >= 15 is 0 Å². The second kappa shape index (κ2) is 6.69. The van der Waals surface area contributed by atoms with Crippen LogP contribution in [0.25, 0.3) is 0 Å². The molecule has 0 saturated carbocycles. The van der Waals surface area contributed by atoms with Crippen LogP contribution in [0.15, 0.2) is 51.4 Å². The van der Waals surface area contributed by atoms with E-state index in [1.54, 1.807) is 0 Å². The van der Waals surface area contributed by atoms with Crippen LogP contribution in [-0.4, -0.2) is 7.05 Å². The second-order valence-electron chi connectivity index (χ2n) is 4.65. The number of aryl methyl sites for hydroxylation is 1. The zero-order valence-corrected chi connectivity index (χ0v) is 14.3. The molecule has 0 fully saturated rings. The predicted octanol–water partition coefficient (Wildman–Crippen LogP) is 5.02. The van der Waals surface area contributed by atoms with Gasteiger partial charge in [0.05, 0.1) is 0 Å². The van der Waals surface area contributed by atoms with E-state index in [0.29, 0.717) is 6.04 Å². The molecule has 0 heterocycles. The van der Waals surface area contributed by atoms with Crippen molar-refractivity contribution in [1.82, 2.24) is 5.32 Å². The third kappa shape index (κ3) is 3.68. The van der Waals surface area contributed by atoms with Gasteiger partial charge in [0, 0.05) is 15.0 Å². The molecule has 1 N–H and O–H groups in total. The zero-order chi connectivity index (χ0) is 13.8. The number of nitrogens with one attached hydrogen (secondary N) is 1. The first-order chi connectivity index (χ1) is 9.11. The lowest BCUT2D eigenvalue weighted by Gasteiger charge is -2.19. The molecule has 2 rings (SSSR count). The van der Waals surface area contributed by atoms with E-state index < -0.39 is 0 Å². The Kier molecular flexibility index (Phi) is 5.20. The molecule has 0 aliphatic heterocycles. The SMILES string of the molecule is CNC(Cc1cccc(Br)c1)c1cccc(C)c1Br. The highest BCUT2D eigenvalue weighted by atomic mass is 79.9. The molecule has 0 amide bonds. The predicted molar refractivity (Wildman–Crippen MR) is 88.5 cm³/mol. The molecule has 0 aliphatic rings. The van der Waals surface area contributed by atoms with Crippen molar-refractivity contribution in [3.8, 4) is 0 Å². The zero-order valence-electron chi connectivity index (χ0n) is 11.1. The highest BCUT2D eigenvalue weighted by Gasteiger charge is 2.14. The average molecular weight is 383 g/mol. The lowest BCUT2D eigenvalue weighted by atomic mass is 9.98. The summed E-state index contributed by atoms with van der Waals surface area (Å²) in [5.74, 6) is 0. The molecule has 0 saturated heterocycles. The quantitative estimate of drug-likeness (QED) is 0.782. The van der Waals surface area contributed by atoms with Crippen molar-refractivity contribution < 1.29 is 0 Å². The van der Waals surface area contributed by atoms with Crippen LogP contribution < -0.4 is 5.32 Å². The normalized spacial score (nSPS) is 12.4.